The van der Waals surface area contributed by atoms with Crippen molar-refractivity contribution in [2.45, 2.75) is 13.8 Å². The number of hydrogen-bond acceptors (Lipinski definition) is 4. The molecule has 0 aliphatic carbocycles. The van der Waals surface area contributed by atoms with Crippen molar-refractivity contribution in [2.75, 3.05) is 0 Å². The summed E-state index contributed by atoms with van der Waals surface area (Å²) in [5, 5.41) is 11.2. The molecule has 1 aromatic heterocycles. The highest BCUT2D eigenvalue weighted by atomic mass is 35.5. The molecule has 0 unspecified atom stereocenters. The summed E-state index contributed by atoms with van der Waals surface area (Å²) in [7, 11) is 0. The molecule has 0 radical (unpaired) electrons. The Kier molecular flexibility index (Phi) is 3.66. The van der Waals surface area contributed by atoms with Crippen molar-refractivity contribution in [1.29, 1.82) is 0 Å². The molecule has 0 saturated carbocycles. The van der Waals surface area contributed by atoms with Crippen molar-refractivity contribution < 1.29 is 9.66 Å². The van der Waals surface area contributed by atoms with Crippen LogP contribution in [0.2, 0.25) is 5.15 Å². The van der Waals surface area contributed by atoms with Gasteiger partial charge in [0.2, 0.25) is 0 Å². The fraction of sp³-hybridized carbons (Fsp3) is 0.154. The second-order valence-electron chi connectivity index (χ2n) is 4.08. The van der Waals surface area contributed by atoms with Gasteiger partial charge in [-0.25, -0.2) is 4.98 Å². The van der Waals surface area contributed by atoms with Gasteiger partial charge in [0.1, 0.15) is 16.7 Å². The highest BCUT2D eigenvalue weighted by Gasteiger charge is 2.14. The second-order valence-corrected chi connectivity index (χ2v) is 4.46. The van der Waals surface area contributed by atoms with E-state index in [9.17, 15) is 10.1 Å². The standard InChI is InChI=1S/C13H11ClN2O3/c1-8-6-12(9(2)5-11(8)16(17)18)19-10-3-4-15-13(14)7-10/h3-7H,1-2H3. The first kappa shape index (κ1) is 13.3. The van der Waals surface area contributed by atoms with E-state index in [1.54, 1.807) is 32.0 Å². The number of aromatic nitrogens is 1. The molecular weight excluding hydrogens is 268 g/mol. The summed E-state index contributed by atoms with van der Waals surface area (Å²) in [5.41, 5.74) is 1.31. The van der Waals surface area contributed by atoms with E-state index in [1.807, 2.05) is 0 Å². The molecule has 0 fully saturated rings. The molecule has 0 aliphatic heterocycles. The van der Waals surface area contributed by atoms with Gasteiger partial charge in [-0.3, -0.25) is 10.1 Å². The van der Waals surface area contributed by atoms with Gasteiger partial charge >= 0.3 is 0 Å². The van der Waals surface area contributed by atoms with Gasteiger partial charge in [-0.05, 0) is 31.5 Å². The highest BCUT2D eigenvalue weighted by molar-refractivity contribution is 6.29. The summed E-state index contributed by atoms with van der Waals surface area (Å²) < 4.78 is 5.66. The molecule has 0 atom stereocenters. The summed E-state index contributed by atoms with van der Waals surface area (Å²) in [5.74, 6) is 1.10. The predicted octanol–water partition coefficient (Wildman–Crippen LogP) is 4.05. The molecule has 2 rings (SSSR count). The lowest BCUT2D eigenvalue weighted by atomic mass is 10.1. The third-order valence-corrected chi connectivity index (χ3v) is 2.82. The zero-order chi connectivity index (χ0) is 14.0. The number of benzene rings is 1. The monoisotopic (exact) mass is 278 g/mol. The number of pyridine rings is 1. The van der Waals surface area contributed by atoms with E-state index in [-0.39, 0.29) is 5.69 Å². The fourth-order valence-electron chi connectivity index (χ4n) is 1.66. The average Bonchev–Trinajstić information content (AvgIpc) is 2.33. The van der Waals surface area contributed by atoms with Crippen LogP contribution in [0.4, 0.5) is 5.69 Å². The zero-order valence-electron chi connectivity index (χ0n) is 10.4. The van der Waals surface area contributed by atoms with Crippen LogP contribution in [0.15, 0.2) is 30.5 Å². The minimum atomic E-state index is -0.407. The van der Waals surface area contributed by atoms with Crippen LogP contribution in [0, 0.1) is 24.0 Å². The van der Waals surface area contributed by atoms with Crippen molar-refractivity contribution in [3.63, 3.8) is 0 Å². The number of ether oxygens (including phenoxy) is 1. The molecule has 1 heterocycles. The normalized spacial score (nSPS) is 10.3. The maximum Gasteiger partial charge on any atom is 0.272 e. The minimum absolute atomic E-state index is 0.0811. The number of nitro benzene ring substituents is 1. The quantitative estimate of drug-likeness (QED) is 0.482. The molecule has 0 N–H and O–H groups in total. The Hall–Kier alpha value is -2.14. The van der Waals surface area contributed by atoms with Gasteiger partial charge in [-0.1, -0.05) is 11.6 Å². The van der Waals surface area contributed by atoms with Crippen LogP contribution < -0.4 is 4.74 Å². The van der Waals surface area contributed by atoms with Crippen LogP contribution in [0.3, 0.4) is 0 Å². The molecule has 5 nitrogen and oxygen atoms in total. The summed E-state index contributed by atoms with van der Waals surface area (Å²) in [4.78, 5) is 14.3. The molecule has 0 bridgehead atoms. The van der Waals surface area contributed by atoms with Crippen LogP contribution in [0.25, 0.3) is 0 Å². The van der Waals surface area contributed by atoms with Gasteiger partial charge < -0.3 is 4.74 Å². The van der Waals surface area contributed by atoms with Gasteiger partial charge in [0, 0.05) is 23.9 Å². The van der Waals surface area contributed by atoms with Crippen molar-refractivity contribution in [2.24, 2.45) is 0 Å². The Labute approximate surface area is 115 Å². The molecule has 6 heteroatoms. The van der Waals surface area contributed by atoms with Gasteiger partial charge in [-0.15, -0.1) is 0 Å². The van der Waals surface area contributed by atoms with E-state index in [0.717, 1.165) is 0 Å². The molecule has 1 aromatic carbocycles. The van der Waals surface area contributed by atoms with Gasteiger partial charge in [0.05, 0.1) is 4.92 Å². The van der Waals surface area contributed by atoms with Crippen LogP contribution in [0.1, 0.15) is 11.1 Å². The van der Waals surface area contributed by atoms with E-state index in [4.69, 9.17) is 16.3 Å². The van der Waals surface area contributed by atoms with Gasteiger partial charge in [0.15, 0.2) is 0 Å². The van der Waals surface area contributed by atoms with E-state index in [0.29, 0.717) is 27.8 Å². The molecule has 2 aromatic rings. The highest BCUT2D eigenvalue weighted by Crippen LogP contribution is 2.31. The lowest BCUT2D eigenvalue weighted by molar-refractivity contribution is -0.385. The van der Waals surface area contributed by atoms with Crippen molar-refractivity contribution in [3.8, 4) is 11.5 Å². The average molecular weight is 279 g/mol. The summed E-state index contributed by atoms with van der Waals surface area (Å²) in [6.07, 6.45) is 1.53. The van der Waals surface area contributed by atoms with Crippen LogP contribution >= 0.6 is 11.6 Å². The molecule has 0 saturated heterocycles. The predicted molar refractivity (Wildman–Crippen MR) is 71.9 cm³/mol. The maximum atomic E-state index is 10.8. The summed E-state index contributed by atoms with van der Waals surface area (Å²) in [6.45, 7) is 3.43. The van der Waals surface area contributed by atoms with Crippen molar-refractivity contribution in [1.82, 2.24) is 4.98 Å². The molecular formula is C13H11ClN2O3. The van der Waals surface area contributed by atoms with E-state index < -0.39 is 4.92 Å². The summed E-state index contributed by atoms with van der Waals surface area (Å²) >= 11 is 5.77. The topological polar surface area (TPSA) is 65.3 Å². The Morgan fingerprint density at radius 3 is 2.63 bits per heavy atom. The van der Waals surface area contributed by atoms with E-state index >= 15 is 0 Å². The van der Waals surface area contributed by atoms with Crippen molar-refractivity contribution >= 4 is 17.3 Å². The minimum Gasteiger partial charge on any atom is -0.457 e. The maximum absolute atomic E-state index is 10.8. The molecule has 0 aliphatic rings. The SMILES string of the molecule is Cc1cc([N+](=O)[O-])c(C)cc1Oc1ccnc(Cl)c1. The van der Waals surface area contributed by atoms with Crippen LogP contribution in [-0.4, -0.2) is 9.91 Å². The Bertz CT molecular complexity index is 644. The number of nitrogens with zero attached hydrogens (tertiary/aromatic N) is 2. The van der Waals surface area contributed by atoms with Crippen LogP contribution in [0.5, 0.6) is 11.5 Å². The number of aryl methyl sites for hydroxylation is 2. The largest absolute Gasteiger partial charge is 0.457 e. The first-order chi connectivity index (χ1) is 8.97. The third kappa shape index (κ3) is 3.00. The third-order valence-electron chi connectivity index (χ3n) is 2.62. The smallest absolute Gasteiger partial charge is 0.272 e. The van der Waals surface area contributed by atoms with Gasteiger partial charge in [-0.2, -0.15) is 0 Å². The fourth-order valence-corrected chi connectivity index (χ4v) is 1.82. The zero-order valence-corrected chi connectivity index (χ0v) is 11.1. The Morgan fingerprint density at radius 2 is 2.00 bits per heavy atom. The number of nitro groups is 1. The molecule has 98 valence electrons. The van der Waals surface area contributed by atoms with E-state index in [1.165, 1.54) is 12.3 Å². The van der Waals surface area contributed by atoms with Crippen molar-refractivity contribution in [3.05, 3.63) is 56.9 Å². The lowest BCUT2D eigenvalue weighted by Crippen LogP contribution is -1.95. The first-order valence-electron chi connectivity index (χ1n) is 5.52. The molecule has 19 heavy (non-hydrogen) atoms. The molecule has 0 amide bonds. The number of rotatable bonds is 3. The number of halogens is 1. The second kappa shape index (κ2) is 5.24. The first-order valence-corrected chi connectivity index (χ1v) is 5.90. The molecule has 0 spiro atoms. The van der Waals surface area contributed by atoms with Gasteiger partial charge in [0.25, 0.3) is 5.69 Å². The Balaban J connectivity index is 2.36. The number of hydrogen-bond donors (Lipinski definition) is 0. The van der Waals surface area contributed by atoms with E-state index in [2.05, 4.69) is 4.98 Å². The van der Waals surface area contributed by atoms with Crippen LogP contribution in [-0.2, 0) is 0 Å². The lowest BCUT2D eigenvalue weighted by Gasteiger charge is -2.10. The summed E-state index contributed by atoms with van der Waals surface area (Å²) in [6, 6.07) is 6.38. The Morgan fingerprint density at radius 1 is 1.26 bits per heavy atom.